The van der Waals surface area contributed by atoms with Gasteiger partial charge in [-0.25, -0.2) is 4.79 Å². The Balaban J connectivity index is 1.86. The van der Waals surface area contributed by atoms with E-state index in [1.165, 1.54) is 11.3 Å². The van der Waals surface area contributed by atoms with Gasteiger partial charge in [0.2, 0.25) is 0 Å². The van der Waals surface area contributed by atoms with Gasteiger partial charge >= 0.3 is 5.63 Å². The van der Waals surface area contributed by atoms with Gasteiger partial charge in [0.1, 0.15) is 5.58 Å². The largest absolute Gasteiger partial charge is 0.422 e. The van der Waals surface area contributed by atoms with Gasteiger partial charge in [0.05, 0.1) is 15.0 Å². The van der Waals surface area contributed by atoms with E-state index in [4.69, 9.17) is 16.0 Å². The van der Waals surface area contributed by atoms with Crippen LogP contribution in [0.15, 0.2) is 51.7 Å². The molecule has 0 aliphatic carbocycles. The number of nitrogens with zero attached hydrogens (tertiary/aromatic N) is 1. The van der Waals surface area contributed by atoms with E-state index in [2.05, 4.69) is 0 Å². The molecule has 0 aliphatic heterocycles. The zero-order valence-electron chi connectivity index (χ0n) is 15.0. The maximum atomic E-state index is 13.1. The molecule has 27 heavy (non-hydrogen) atoms. The Kier molecular flexibility index (Phi) is 4.29. The Bertz CT molecular complexity index is 1270. The minimum absolute atomic E-state index is 0.193. The molecule has 1 amide bonds. The number of rotatable bonds is 2. The standard InChI is InChI=1S/C21H16ClNO3S/c1-11-4-7-17-14(8-11)19-15(21(25)26-17)10-18(27-19)20(24)23(3)16-9-13(22)6-5-12(16)2/h4-10H,1-3H3. The third-order valence-corrected chi connectivity index (χ3v) is 5.97. The lowest BCUT2D eigenvalue weighted by atomic mass is 10.1. The van der Waals surface area contributed by atoms with Crippen LogP contribution >= 0.6 is 22.9 Å². The highest BCUT2D eigenvalue weighted by molar-refractivity contribution is 7.21. The van der Waals surface area contributed by atoms with E-state index in [-0.39, 0.29) is 5.91 Å². The number of hydrogen-bond donors (Lipinski definition) is 0. The van der Waals surface area contributed by atoms with Crippen molar-refractivity contribution in [2.24, 2.45) is 0 Å². The van der Waals surface area contributed by atoms with Crippen molar-refractivity contribution in [2.45, 2.75) is 13.8 Å². The number of carbonyl (C=O) groups is 1. The minimum atomic E-state index is -0.432. The monoisotopic (exact) mass is 397 g/mol. The quantitative estimate of drug-likeness (QED) is 0.416. The van der Waals surface area contributed by atoms with Crippen LogP contribution in [0, 0.1) is 13.8 Å². The highest BCUT2D eigenvalue weighted by atomic mass is 35.5. The summed E-state index contributed by atoms with van der Waals surface area (Å²) < 4.78 is 6.18. The van der Waals surface area contributed by atoms with Crippen molar-refractivity contribution < 1.29 is 9.21 Å². The van der Waals surface area contributed by atoms with E-state index in [0.717, 1.165) is 26.9 Å². The Labute approximate surface area is 164 Å². The number of carbonyl (C=O) groups excluding carboxylic acids is 1. The third-order valence-electron chi connectivity index (χ3n) is 4.58. The maximum absolute atomic E-state index is 13.1. The lowest BCUT2D eigenvalue weighted by Crippen LogP contribution is -2.26. The molecule has 0 fully saturated rings. The van der Waals surface area contributed by atoms with Gasteiger partial charge in [0.25, 0.3) is 5.91 Å². The summed E-state index contributed by atoms with van der Waals surface area (Å²) in [5.74, 6) is -0.193. The zero-order chi connectivity index (χ0) is 19.3. The fourth-order valence-electron chi connectivity index (χ4n) is 3.13. The molecule has 0 saturated heterocycles. The van der Waals surface area contributed by atoms with Gasteiger partial charge in [-0.2, -0.15) is 0 Å². The van der Waals surface area contributed by atoms with Crippen LogP contribution in [0.2, 0.25) is 5.02 Å². The fourth-order valence-corrected chi connectivity index (χ4v) is 4.44. The van der Waals surface area contributed by atoms with Gasteiger partial charge in [-0.15, -0.1) is 11.3 Å². The first-order valence-electron chi connectivity index (χ1n) is 8.36. The van der Waals surface area contributed by atoms with E-state index in [1.54, 1.807) is 36.2 Å². The molecule has 0 aliphatic rings. The predicted molar refractivity (Wildman–Crippen MR) is 112 cm³/mol. The number of thiophene rings is 1. The van der Waals surface area contributed by atoms with Crippen LogP contribution < -0.4 is 10.5 Å². The van der Waals surface area contributed by atoms with Gasteiger partial charge in [0, 0.05) is 23.1 Å². The summed E-state index contributed by atoms with van der Waals surface area (Å²) in [6.45, 7) is 3.90. The SMILES string of the molecule is Cc1ccc2oc(=O)c3cc(C(=O)N(C)c4cc(Cl)ccc4C)sc3c2c1. The lowest BCUT2D eigenvalue weighted by molar-refractivity contribution is 0.0997. The Morgan fingerprint density at radius 2 is 1.85 bits per heavy atom. The minimum Gasteiger partial charge on any atom is -0.422 e. The van der Waals surface area contributed by atoms with E-state index in [0.29, 0.717) is 20.9 Å². The third kappa shape index (κ3) is 3.03. The second-order valence-electron chi connectivity index (χ2n) is 6.54. The molecule has 136 valence electrons. The zero-order valence-corrected chi connectivity index (χ0v) is 16.6. The average Bonchev–Trinajstić information content (AvgIpc) is 3.09. The topological polar surface area (TPSA) is 50.5 Å². The van der Waals surface area contributed by atoms with E-state index in [1.807, 2.05) is 32.0 Å². The van der Waals surface area contributed by atoms with E-state index in [9.17, 15) is 9.59 Å². The summed E-state index contributed by atoms with van der Waals surface area (Å²) in [4.78, 5) is 27.4. The second-order valence-corrected chi connectivity index (χ2v) is 8.03. The Morgan fingerprint density at radius 3 is 2.63 bits per heavy atom. The normalized spacial score (nSPS) is 11.3. The molecule has 6 heteroatoms. The molecule has 0 bridgehead atoms. The van der Waals surface area contributed by atoms with Crippen molar-refractivity contribution in [3.05, 3.63) is 73.9 Å². The first-order chi connectivity index (χ1) is 12.8. The van der Waals surface area contributed by atoms with Crippen LogP contribution in [-0.2, 0) is 0 Å². The first-order valence-corrected chi connectivity index (χ1v) is 9.56. The molecule has 0 saturated carbocycles. The van der Waals surface area contributed by atoms with Crippen molar-refractivity contribution in [3.8, 4) is 0 Å². The Morgan fingerprint density at radius 1 is 1.07 bits per heavy atom. The van der Waals surface area contributed by atoms with Crippen LogP contribution in [0.25, 0.3) is 21.1 Å². The average molecular weight is 398 g/mol. The molecule has 0 N–H and O–H groups in total. The van der Waals surface area contributed by atoms with Gasteiger partial charge in [-0.05, 0) is 49.7 Å². The number of halogens is 1. The highest BCUT2D eigenvalue weighted by Crippen LogP contribution is 2.33. The van der Waals surface area contributed by atoms with Crippen molar-refractivity contribution in [2.75, 3.05) is 11.9 Å². The molecule has 0 spiro atoms. The van der Waals surface area contributed by atoms with E-state index < -0.39 is 5.63 Å². The molecule has 2 aromatic heterocycles. The van der Waals surface area contributed by atoms with Crippen LogP contribution in [0.5, 0.6) is 0 Å². The summed E-state index contributed by atoms with van der Waals surface area (Å²) >= 11 is 7.39. The van der Waals surface area contributed by atoms with Crippen molar-refractivity contribution in [1.29, 1.82) is 0 Å². The molecule has 2 heterocycles. The molecule has 0 radical (unpaired) electrons. The summed E-state index contributed by atoms with van der Waals surface area (Å²) in [6.07, 6.45) is 0. The fraction of sp³-hybridized carbons (Fsp3) is 0.143. The molecular formula is C21H16ClNO3S. The summed E-state index contributed by atoms with van der Waals surface area (Å²) in [5.41, 5.74) is 2.83. The highest BCUT2D eigenvalue weighted by Gasteiger charge is 2.20. The Hall–Kier alpha value is -2.63. The number of hydrogen-bond acceptors (Lipinski definition) is 4. The number of benzene rings is 2. The van der Waals surface area contributed by atoms with Crippen molar-refractivity contribution >= 4 is 55.6 Å². The molecule has 4 aromatic rings. The molecule has 4 rings (SSSR count). The number of anilines is 1. The molecular weight excluding hydrogens is 382 g/mol. The number of amides is 1. The van der Waals surface area contributed by atoms with Gasteiger partial charge in [-0.1, -0.05) is 29.3 Å². The number of fused-ring (bicyclic) bond motifs is 3. The van der Waals surface area contributed by atoms with Crippen LogP contribution in [0.1, 0.15) is 20.8 Å². The molecule has 0 unspecified atom stereocenters. The van der Waals surface area contributed by atoms with Crippen molar-refractivity contribution in [1.82, 2.24) is 0 Å². The smallest absolute Gasteiger partial charge is 0.345 e. The summed E-state index contributed by atoms with van der Waals surface area (Å²) in [5, 5.41) is 1.83. The van der Waals surface area contributed by atoms with Crippen LogP contribution in [0.4, 0.5) is 5.69 Å². The molecule has 4 nitrogen and oxygen atoms in total. The van der Waals surface area contributed by atoms with Crippen LogP contribution in [0.3, 0.4) is 0 Å². The van der Waals surface area contributed by atoms with Gasteiger partial charge in [0.15, 0.2) is 0 Å². The van der Waals surface area contributed by atoms with E-state index >= 15 is 0 Å². The first kappa shape index (κ1) is 17.8. The predicted octanol–water partition coefficient (Wildman–Crippen LogP) is 5.55. The summed E-state index contributed by atoms with van der Waals surface area (Å²) in [6, 6.07) is 12.7. The van der Waals surface area contributed by atoms with Gasteiger partial charge < -0.3 is 9.32 Å². The second kappa shape index (κ2) is 6.51. The lowest BCUT2D eigenvalue weighted by Gasteiger charge is -2.19. The maximum Gasteiger partial charge on any atom is 0.345 e. The molecule has 2 aromatic carbocycles. The molecule has 0 atom stereocenters. The van der Waals surface area contributed by atoms with Gasteiger partial charge in [-0.3, -0.25) is 4.79 Å². The van der Waals surface area contributed by atoms with Crippen LogP contribution in [-0.4, -0.2) is 13.0 Å². The number of aryl methyl sites for hydroxylation is 2. The van der Waals surface area contributed by atoms with Crippen molar-refractivity contribution in [3.63, 3.8) is 0 Å². The summed E-state index contributed by atoms with van der Waals surface area (Å²) in [7, 11) is 1.70.